The van der Waals surface area contributed by atoms with Crippen LogP contribution in [0.5, 0.6) is 5.75 Å². The van der Waals surface area contributed by atoms with E-state index in [9.17, 15) is 9.18 Å². The fourth-order valence-electron chi connectivity index (χ4n) is 3.61. The molecule has 2 aromatic rings. The summed E-state index contributed by atoms with van der Waals surface area (Å²) in [6, 6.07) is 12.6. The highest BCUT2D eigenvalue weighted by Crippen LogP contribution is 2.20. The van der Waals surface area contributed by atoms with Crippen LogP contribution >= 0.6 is 11.6 Å². The van der Waals surface area contributed by atoms with E-state index in [0.29, 0.717) is 6.04 Å². The zero-order valence-corrected chi connectivity index (χ0v) is 16.8. The third-order valence-electron chi connectivity index (χ3n) is 5.19. The Balaban J connectivity index is 1.38. The second-order valence-corrected chi connectivity index (χ2v) is 7.67. The number of hydrogen-bond acceptors (Lipinski definition) is 3. The van der Waals surface area contributed by atoms with Gasteiger partial charge in [-0.15, -0.1) is 0 Å². The molecule has 2 N–H and O–H groups in total. The van der Waals surface area contributed by atoms with Crippen molar-refractivity contribution in [1.29, 1.82) is 0 Å². The number of methoxy groups -OCH3 is 1. The maximum Gasteiger partial charge on any atom is 0.251 e. The molecular formula is C22H26ClFN2O2. The van der Waals surface area contributed by atoms with Gasteiger partial charge in [-0.2, -0.15) is 0 Å². The zero-order chi connectivity index (χ0) is 19.9. The van der Waals surface area contributed by atoms with Crippen LogP contribution in [0.1, 0.15) is 41.6 Å². The van der Waals surface area contributed by atoms with Crippen molar-refractivity contribution in [2.24, 2.45) is 0 Å². The van der Waals surface area contributed by atoms with E-state index in [1.807, 2.05) is 12.1 Å². The average molecular weight is 405 g/mol. The van der Waals surface area contributed by atoms with Gasteiger partial charge in [0.25, 0.3) is 5.91 Å². The molecule has 0 bridgehead atoms. The maximum atomic E-state index is 13.4. The summed E-state index contributed by atoms with van der Waals surface area (Å²) in [5, 5.41) is 6.84. The molecule has 0 saturated heterocycles. The fourth-order valence-corrected chi connectivity index (χ4v) is 3.83. The van der Waals surface area contributed by atoms with Gasteiger partial charge in [0.1, 0.15) is 11.6 Å². The van der Waals surface area contributed by atoms with E-state index in [1.54, 1.807) is 7.11 Å². The van der Waals surface area contributed by atoms with E-state index in [2.05, 4.69) is 22.8 Å². The summed E-state index contributed by atoms with van der Waals surface area (Å²) in [6.45, 7) is 0.926. The highest BCUT2D eigenvalue weighted by Gasteiger charge is 2.22. The van der Waals surface area contributed by atoms with Gasteiger partial charge in [0, 0.05) is 22.7 Å². The summed E-state index contributed by atoms with van der Waals surface area (Å²) in [5.74, 6) is 0.109. The predicted octanol–water partition coefficient (Wildman–Crippen LogP) is 4.36. The monoisotopic (exact) mass is 404 g/mol. The van der Waals surface area contributed by atoms with Gasteiger partial charge < -0.3 is 15.4 Å². The van der Waals surface area contributed by atoms with Crippen molar-refractivity contribution in [3.05, 3.63) is 64.4 Å². The lowest BCUT2D eigenvalue weighted by molar-refractivity contribution is 0.0924. The molecule has 0 radical (unpaired) electrons. The first-order valence-corrected chi connectivity index (χ1v) is 10.0. The Labute approximate surface area is 170 Å². The van der Waals surface area contributed by atoms with Crippen molar-refractivity contribution in [3.8, 4) is 5.75 Å². The molecule has 4 nitrogen and oxygen atoms in total. The maximum absolute atomic E-state index is 13.4. The number of benzene rings is 2. The van der Waals surface area contributed by atoms with Crippen LogP contribution in [0, 0.1) is 5.82 Å². The summed E-state index contributed by atoms with van der Waals surface area (Å²) in [6.07, 6.45) is 4.82. The molecule has 28 heavy (non-hydrogen) atoms. The van der Waals surface area contributed by atoms with Crippen LogP contribution in [0.25, 0.3) is 0 Å². The Morgan fingerprint density at radius 2 is 1.79 bits per heavy atom. The van der Waals surface area contributed by atoms with E-state index < -0.39 is 5.82 Å². The second kappa shape index (κ2) is 9.89. The Morgan fingerprint density at radius 1 is 1.11 bits per heavy atom. The third-order valence-corrected chi connectivity index (χ3v) is 5.41. The molecule has 0 aromatic heterocycles. The molecule has 0 aliphatic heterocycles. The van der Waals surface area contributed by atoms with E-state index in [4.69, 9.17) is 16.3 Å². The Morgan fingerprint density at radius 3 is 2.43 bits per heavy atom. The fraction of sp³-hybridized carbons (Fsp3) is 0.409. The number of amides is 1. The van der Waals surface area contributed by atoms with Gasteiger partial charge in [0.05, 0.1) is 7.11 Å². The number of carbonyl (C=O) groups excluding carboxylic acids is 1. The van der Waals surface area contributed by atoms with Crippen molar-refractivity contribution in [1.82, 2.24) is 10.6 Å². The van der Waals surface area contributed by atoms with Crippen molar-refractivity contribution in [3.63, 3.8) is 0 Å². The molecule has 1 fully saturated rings. The van der Waals surface area contributed by atoms with Gasteiger partial charge in [-0.3, -0.25) is 4.79 Å². The zero-order valence-electron chi connectivity index (χ0n) is 16.0. The van der Waals surface area contributed by atoms with Crippen LogP contribution in [0.3, 0.4) is 0 Å². The smallest absolute Gasteiger partial charge is 0.251 e. The molecule has 1 aliphatic carbocycles. The van der Waals surface area contributed by atoms with Crippen LogP contribution in [0.15, 0.2) is 42.5 Å². The molecular weight excluding hydrogens is 379 g/mol. The van der Waals surface area contributed by atoms with Gasteiger partial charge in [-0.1, -0.05) is 23.7 Å². The lowest BCUT2D eigenvalue weighted by Gasteiger charge is -2.30. The minimum atomic E-state index is -0.498. The molecule has 0 atom stereocenters. The Bertz CT molecular complexity index is 769. The summed E-state index contributed by atoms with van der Waals surface area (Å²) >= 11 is 5.83. The van der Waals surface area contributed by atoms with Crippen molar-refractivity contribution < 1.29 is 13.9 Å². The number of carbonyl (C=O) groups is 1. The highest BCUT2D eigenvalue weighted by molar-refractivity contribution is 6.31. The lowest BCUT2D eigenvalue weighted by atomic mass is 9.91. The minimum absolute atomic E-state index is 0.120. The first-order chi connectivity index (χ1) is 13.5. The average Bonchev–Trinajstić information content (AvgIpc) is 2.69. The van der Waals surface area contributed by atoms with Crippen LogP contribution < -0.4 is 15.4 Å². The van der Waals surface area contributed by atoms with Crippen LogP contribution in [0.4, 0.5) is 4.39 Å². The largest absolute Gasteiger partial charge is 0.497 e. The third kappa shape index (κ3) is 5.94. The normalized spacial score (nSPS) is 19.2. The predicted molar refractivity (Wildman–Crippen MR) is 110 cm³/mol. The van der Waals surface area contributed by atoms with Gasteiger partial charge in [0.2, 0.25) is 0 Å². The molecule has 1 aliphatic rings. The molecule has 0 heterocycles. The second-order valence-electron chi connectivity index (χ2n) is 7.23. The highest BCUT2D eigenvalue weighted by atomic mass is 35.5. The van der Waals surface area contributed by atoms with Crippen LogP contribution in [0.2, 0.25) is 5.02 Å². The molecule has 0 spiro atoms. The first-order valence-electron chi connectivity index (χ1n) is 9.67. The topological polar surface area (TPSA) is 50.4 Å². The molecule has 2 aromatic carbocycles. The number of rotatable bonds is 7. The van der Waals surface area contributed by atoms with Crippen molar-refractivity contribution in [2.75, 3.05) is 13.7 Å². The van der Waals surface area contributed by atoms with Crippen LogP contribution in [-0.4, -0.2) is 31.6 Å². The van der Waals surface area contributed by atoms with Gasteiger partial charge in [-0.25, -0.2) is 4.39 Å². The molecule has 1 saturated carbocycles. The minimum Gasteiger partial charge on any atom is -0.497 e. The molecule has 3 rings (SSSR count). The quantitative estimate of drug-likeness (QED) is 0.720. The summed E-state index contributed by atoms with van der Waals surface area (Å²) in [5.41, 5.74) is 1.55. The van der Waals surface area contributed by atoms with Crippen LogP contribution in [-0.2, 0) is 6.42 Å². The summed E-state index contributed by atoms with van der Waals surface area (Å²) < 4.78 is 18.6. The molecule has 0 unspecified atom stereocenters. The lowest BCUT2D eigenvalue weighted by Crippen LogP contribution is -2.42. The SMILES string of the molecule is COc1ccc(CCN[C@H]2CC[C@H](NC(=O)c3cc(F)cc(Cl)c3)CC2)cc1. The Kier molecular flexibility index (Phi) is 7.29. The summed E-state index contributed by atoms with van der Waals surface area (Å²) in [4.78, 5) is 12.3. The van der Waals surface area contributed by atoms with Crippen molar-refractivity contribution in [2.45, 2.75) is 44.2 Å². The van der Waals surface area contributed by atoms with E-state index in [0.717, 1.165) is 44.4 Å². The first kappa shape index (κ1) is 20.6. The molecule has 150 valence electrons. The summed E-state index contributed by atoms with van der Waals surface area (Å²) in [7, 11) is 1.67. The van der Waals surface area contributed by atoms with E-state index >= 15 is 0 Å². The molecule has 1 amide bonds. The Hall–Kier alpha value is -2.11. The number of hydrogen-bond donors (Lipinski definition) is 2. The number of nitrogens with one attached hydrogen (secondary N) is 2. The van der Waals surface area contributed by atoms with E-state index in [1.165, 1.54) is 23.8 Å². The van der Waals surface area contributed by atoms with Crippen molar-refractivity contribution >= 4 is 17.5 Å². The number of ether oxygens (including phenoxy) is 1. The number of halogens is 2. The van der Waals surface area contributed by atoms with Gasteiger partial charge in [0.15, 0.2) is 0 Å². The molecule has 6 heteroatoms. The van der Waals surface area contributed by atoms with Gasteiger partial charge in [-0.05, 0) is 74.5 Å². The van der Waals surface area contributed by atoms with E-state index in [-0.39, 0.29) is 22.5 Å². The standard InChI is InChI=1S/C22H26ClFN2O2/c1-28-21-8-2-15(3-9-21)10-11-25-19-4-6-20(7-5-19)26-22(27)16-12-17(23)14-18(24)13-16/h2-3,8-9,12-14,19-20,25H,4-7,10-11H2,1H3,(H,26,27)/t19-,20-. The van der Waals surface area contributed by atoms with Gasteiger partial charge >= 0.3 is 0 Å².